The fraction of sp³-hybridized carbons (Fsp3) is 0.133. The summed E-state index contributed by atoms with van der Waals surface area (Å²) in [6, 6.07) is 8.14. The molecule has 2 N–H and O–H groups in total. The van der Waals surface area contributed by atoms with E-state index in [-0.39, 0.29) is 5.69 Å². The summed E-state index contributed by atoms with van der Waals surface area (Å²) >= 11 is 2.00. The highest BCUT2D eigenvalue weighted by Crippen LogP contribution is 2.31. The molecule has 2 amide bonds. The fourth-order valence-corrected chi connectivity index (χ4v) is 2.45. The number of ether oxygens (including phenoxy) is 2. The van der Waals surface area contributed by atoms with Crippen molar-refractivity contribution >= 4 is 34.4 Å². The maximum absolute atomic E-state index is 12.2. The van der Waals surface area contributed by atoms with Gasteiger partial charge in [0.1, 0.15) is 5.69 Å². The fourth-order valence-electron chi connectivity index (χ4n) is 1.77. The average Bonchev–Trinajstić information content (AvgIpc) is 2.59. The first-order valence-corrected chi connectivity index (χ1v) is 7.58. The maximum atomic E-state index is 12.2. The molecule has 1 heterocycles. The number of pyridine rings is 1. The molecule has 2 rings (SSSR count). The van der Waals surface area contributed by atoms with Gasteiger partial charge in [0.2, 0.25) is 0 Å². The minimum Gasteiger partial charge on any atom is -0.493 e. The smallest absolute Gasteiger partial charge is 0.288 e. The molecule has 0 spiro atoms. The standard InChI is InChI=1S/C15H14IN3O4/c1-22-12-7-9(10(16)8-13(12)23-2)14(20)18-19-15(21)11-5-3-4-6-17-11/h3-8H,1-2H3,(H,18,20)(H,19,21). The quantitative estimate of drug-likeness (QED) is 0.574. The van der Waals surface area contributed by atoms with Crippen LogP contribution in [0.5, 0.6) is 11.5 Å². The number of aromatic nitrogens is 1. The van der Waals surface area contributed by atoms with Crippen molar-refractivity contribution in [2.24, 2.45) is 0 Å². The molecule has 0 fully saturated rings. The second-order valence-corrected chi connectivity index (χ2v) is 5.47. The molecule has 0 aliphatic heterocycles. The zero-order valence-electron chi connectivity index (χ0n) is 12.4. The SMILES string of the molecule is COc1cc(I)c(C(=O)NNC(=O)c2ccccn2)cc1OC. The molecular formula is C15H14IN3O4. The minimum atomic E-state index is -0.505. The number of methoxy groups -OCH3 is 2. The van der Waals surface area contributed by atoms with Gasteiger partial charge in [-0.3, -0.25) is 25.4 Å². The van der Waals surface area contributed by atoms with Crippen LogP contribution in [0.2, 0.25) is 0 Å². The molecule has 0 aliphatic carbocycles. The Bertz CT molecular complexity index is 722. The zero-order chi connectivity index (χ0) is 16.8. The van der Waals surface area contributed by atoms with Crippen molar-refractivity contribution in [1.82, 2.24) is 15.8 Å². The number of hydrogen-bond acceptors (Lipinski definition) is 5. The van der Waals surface area contributed by atoms with Gasteiger partial charge < -0.3 is 9.47 Å². The Balaban J connectivity index is 2.10. The lowest BCUT2D eigenvalue weighted by molar-refractivity contribution is 0.0843. The van der Waals surface area contributed by atoms with E-state index >= 15 is 0 Å². The van der Waals surface area contributed by atoms with Crippen molar-refractivity contribution < 1.29 is 19.1 Å². The number of carbonyl (C=O) groups excluding carboxylic acids is 2. The van der Waals surface area contributed by atoms with Gasteiger partial charge in [0.05, 0.1) is 19.8 Å². The number of nitrogens with one attached hydrogen (secondary N) is 2. The lowest BCUT2D eigenvalue weighted by Crippen LogP contribution is -2.42. The van der Waals surface area contributed by atoms with Crippen LogP contribution in [0.15, 0.2) is 36.5 Å². The molecule has 0 radical (unpaired) electrons. The van der Waals surface area contributed by atoms with Crippen molar-refractivity contribution in [3.05, 3.63) is 51.4 Å². The number of rotatable bonds is 4. The molecule has 8 heteroatoms. The van der Waals surface area contributed by atoms with Crippen molar-refractivity contribution in [3.63, 3.8) is 0 Å². The Morgan fingerprint density at radius 2 is 1.70 bits per heavy atom. The van der Waals surface area contributed by atoms with Gasteiger partial charge in [-0.25, -0.2) is 0 Å². The van der Waals surface area contributed by atoms with Crippen LogP contribution in [-0.4, -0.2) is 31.0 Å². The summed E-state index contributed by atoms with van der Waals surface area (Å²) in [5.74, 6) is -0.0332. The Kier molecular flexibility index (Phi) is 5.74. The third-order valence-electron chi connectivity index (χ3n) is 2.90. The summed E-state index contributed by atoms with van der Waals surface area (Å²) in [7, 11) is 3.00. The molecule has 120 valence electrons. The van der Waals surface area contributed by atoms with Crippen LogP contribution in [0, 0.1) is 3.57 Å². The van der Waals surface area contributed by atoms with Crippen molar-refractivity contribution in [2.45, 2.75) is 0 Å². The second kappa shape index (κ2) is 7.77. The first-order chi connectivity index (χ1) is 11.1. The van der Waals surface area contributed by atoms with E-state index in [0.29, 0.717) is 20.6 Å². The van der Waals surface area contributed by atoms with Gasteiger partial charge in [0.25, 0.3) is 11.8 Å². The Labute approximate surface area is 146 Å². The summed E-state index contributed by atoms with van der Waals surface area (Å²) in [4.78, 5) is 28.0. The van der Waals surface area contributed by atoms with Gasteiger partial charge in [-0.15, -0.1) is 0 Å². The monoisotopic (exact) mass is 427 g/mol. The molecule has 0 aliphatic rings. The molecule has 0 bridgehead atoms. The van der Waals surface area contributed by atoms with Gasteiger partial charge in [-0.1, -0.05) is 6.07 Å². The van der Waals surface area contributed by atoms with E-state index in [9.17, 15) is 9.59 Å². The molecule has 1 aromatic carbocycles. The number of carbonyl (C=O) groups is 2. The van der Waals surface area contributed by atoms with Gasteiger partial charge in [0.15, 0.2) is 11.5 Å². The number of halogens is 1. The van der Waals surface area contributed by atoms with E-state index in [1.54, 1.807) is 30.3 Å². The summed E-state index contributed by atoms with van der Waals surface area (Å²) < 4.78 is 11.0. The normalized spacial score (nSPS) is 9.87. The number of amides is 2. The average molecular weight is 427 g/mol. The highest BCUT2D eigenvalue weighted by Gasteiger charge is 2.16. The summed E-state index contributed by atoms with van der Waals surface area (Å²) in [6.07, 6.45) is 1.49. The molecular weight excluding hydrogens is 413 g/mol. The first kappa shape index (κ1) is 17.0. The first-order valence-electron chi connectivity index (χ1n) is 6.50. The lowest BCUT2D eigenvalue weighted by atomic mass is 10.2. The molecule has 0 saturated carbocycles. The van der Waals surface area contributed by atoms with Crippen LogP contribution in [0.1, 0.15) is 20.8 Å². The third-order valence-corrected chi connectivity index (χ3v) is 3.80. The van der Waals surface area contributed by atoms with Crippen LogP contribution in [0.4, 0.5) is 0 Å². The zero-order valence-corrected chi connectivity index (χ0v) is 14.6. The molecule has 0 saturated heterocycles. The third kappa shape index (κ3) is 4.09. The van der Waals surface area contributed by atoms with Crippen molar-refractivity contribution in [3.8, 4) is 11.5 Å². The van der Waals surface area contributed by atoms with E-state index < -0.39 is 11.8 Å². The topological polar surface area (TPSA) is 89.6 Å². The Morgan fingerprint density at radius 3 is 2.30 bits per heavy atom. The number of nitrogens with zero attached hydrogens (tertiary/aromatic N) is 1. The predicted octanol–water partition coefficient (Wildman–Crippen LogP) is 1.78. The predicted molar refractivity (Wildman–Crippen MR) is 91.4 cm³/mol. The van der Waals surface area contributed by atoms with Crippen molar-refractivity contribution in [1.29, 1.82) is 0 Å². The highest BCUT2D eigenvalue weighted by atomic mass is 127. The van der Waals surface area contributed by atoms with E-state index in [1.807, 2.05) is 22.6 Å². The molecule has 1 aromatic heterocycles. The van der Waals surface area contributed by atoms with Gasteiger partial charge in [-0.05, 0) is 46.9 Å². The summed E-state index contributed by atoms with van der Waals surface area (Å²) in [6.45, 7) is 0. The maximum Gasteiger partial charge on any atom is 0.288 e. The molecule has 7 nitrogen and oxygen atoms in total. The number of hydrazine groups is 1. The van der Waals surface area contributed by atoms with E-state index in [2.05, 4.69) is 15.8 Å². The van der Waals surface area contributed by atoms with Crippen LogP contribution >= 0.6 is 22.6 Å². The van der Waals surface area contributed by atoms with Gasteiger partial charge in [0, 0.05) is 9.77 Å². The van der Waals surface area contributed by atoms with Crippen molar-refractivity contribution in [2.75, 3.05) is 14.2 Å². The highest BCUT2D eigenvalue weighted by molar-refractivity contribution is 14.1. The van der Waals surface area contributed by atoms with Crippen LogP contribution in [-0.2, 0) is 0 Å². The molecule has 0 unspecified atom stereocenters. The Hall–Kier alpha value is -2.36. The Morgan fingerprint density at radius 1 is 1.04 bits per heavy atom. The number of hydrogen-bond donors (Lipinski definition) is 2. The lowest BCUT2D eigenvalue weighted by Gasteiger charge is -2.12. The van der Waals surface area contributed by atoms with Crippen LogP contribution in [0.3, 0.4) is 0 Å². The largest absolute Gasteiger partial charge is 0.493 e. The molecule has 2 aromatic rings. The minimum absolute atomic E-state index is 0.204. The van der Waals surface area contributed by atoms with Crippen LogP contribution in [0.25, 0.3) is 0 Å². The van der Waals surface area contributed by atoms with Crippen LogP contribution < -0.4 is 20.3 Å². The summed E-state index contributed by atoms with van der Waals surface area (Å²) in [5.41, 5.74) is 5.22. The van der Waals surface area contributed by atoms with Gasteiger partial charge in [-0.2, -0.15) is 0 Å². The molecule has 23 heavy (non-hydrogen) atoms. The molecule has 0 atom stereocenters. The van der Waals surface area contributed by atoms with E-state index in [1.165, 1.54) is 20.4 Å². The van der Waals surface area contributed by atoms with E-state index in [0.717, 1.165) is 0 Å². The summed E-state index contributed by atoms with van der Waals surface area (Å²) in [5, 5.41) is 0. The second-order valence-electron chi connectivity index (χ2n) is 4.31. The van der Waals surface area contributed by atoms with Gasteiger partial charge >= 0.3 is 0 Å². The van der Waals surface area contributed by atoms with E-state index in [4.69, 9.17) is 9.47 Å². The number of benzene rings is 1.